The van der Waals surface area contributed by atoms with Crippen LogP contribution in [-0.2, 0) is 13.0 Å². The van der Waals surface area contributed by atoms with Gasteiger partial charge in [-0.25, -0.2) is 0 Å². The minimum atomic E-state index is 0.105. The SMILES string of the molecule is CCn1nc(C)c(Br)c1CC(CO)c1ccc(C)cc1. The predicted octanol–water partition coefficient (Wildman–Crippen LogP) is 3.60. The monoisotopic (exact) mass is 336 g/mol. The molecule has 1 aromatic heterocycles. The lowest BCUT2D eigenvalue weighted by atomic mass is 9.94. The maximum atomic E-state index is 9.73. The molecule has 0 radical (unpaired) electrons. The van der Waals surface area contributed by atoms with Crippen LogP contribution in [0.2, 0.25) is 0 Å². The number of rotatable bonds is 5. The summed E-state index contributed by atoms with van der Waals surface area (Å²) in [6.07, 6.45) is 0.787. The predicted molar refractivity (Wildman–Crippen MR) is 85.0 cm³/mol. The van der Waals surface area contributed by atoms with Crippen molar-refractivity contribution in [3.8, 4) is 0 Å². The summed E-state index contributed by atoms with van der Waals surface area (Å²) in [5.41, 5.74) is 4.57. The molecule has 1 aromatic carbocycles. The van der Waals surface area contributed by atoms with Gasteiger partial charge >= 0.3 is 0 Å². The topological polar surface area (TPSA) is 38.0 Å². The summed E-state index contributed by atoms with van der Waals surface area (Å²) in [5, 5.41) is 14.2. The Labute approximate surface area is 128 Å². The first kappa shape index (κ1) is 15.3. The van der Waals surface area contributed by atoms with Gasteiger partial charge in [0.15, 0.2) is 0 Å². The molecule has 4 heteroatoms. The molecule has 0 bridgehead atoms. The molecule has 0 spiro atoms. The van der Waals surface area contributed by atoms with Crippen molar-refractivity contribution < 1.29 is 5.11 Å². The molecule has 2 rings (SSSR count). The summed E-state index contributed by atoms with van der Waals surface area (Å²) >= 11 is 3.62. The molecule has 0 aliphatic heterocycles. The molecule has 108 valence electrons. The lowest BCUT2D eigenvalue weighted by molar-refractivity contribution is 0.262. The van der Waals surface area contributed by atoms with Crippen LogP contribution in [0, 0.1) is 13.8 Å². The van der Waals surface area contributed by atoms with E-state index in [1.54, 1.807) is 0 Å². The molecule has 2 aromatic rings. The molecule has 0 aliphatic carbocycles. The van der Waals surface area contributed by atoms with E-state index < -0.39 is 0 Å². The third-order valence-electron chi connectivity index (χ3n) is 3.66. The van der Waals surface area contributed by atoms with E-state index in [2.05, 4.69) is 59.1 Å². The van der Waals surface area contributed by atoms with Crippen LogP contribution in [0.25, 0.3) is 0 Å². The average molecular weight is 337 g/mol. The number of hydrogen-bond acceptors (Lipinski definition) is 2. The number of nitrogens with zero attached hydrogens (tertiary/aromatic N) is 2. The standard InChI is InChI=1S/C16H21BrN2O/c1-4-19-15(16(17)12(3)18-19)9-14(10-20)13-7-5-11(2)6-8-13/h5-8,14,20H,4,9-10H2,1-3H3. The second-order valence-electron chi connectivity index (χ2n) is 5.16. The van der Waals surface area contributed by atoms with Crippen molar-refractivity contribution in [2.45, 2.75) is 39.7 Å². The summed E-state index contributed by atoms with van der Waals surface area (Å²) in [6.45, 7) is 7.14. The number of hydrogen-bond donors (Lipinski definition) is 1. The highest BCUT2D eigenvalue weighted by atomic mass is 79.9. The molecule has 1 heterocycles. The Bertz CT molecular complexity index is 575. The van der Waals surface area contributed by atoms with E-state index in [1.807, 2.05) is 11.6 Å². The Morgan fingerprint density at radius 1 is 1.25 bits per heavy atom. The molecular formula is C16H21BrN2O. The van der Waals surface area contributed by atoms with Gasteiger partial charge in [0, 0.05) is 12.5 Å². The number of halogens is 1. The second-order valence-corrected chi connectivity index (χ2v) is 5.95. The molecule has 0 saturated heterocycles. The maximum Gasteiger partial charge on any atom is 0.0738 e. The van der Waals surface area contributed by atoms with Crippen molar-refractivity contribution in [3.05, 3.63) is 51.3 Å². The Kier molecular flexibility index (Phi) is 5.00. The molecule has 1 N–H and O–H groups in total. The largest absolute Gasteiger partial charge is 0.396 e. The fraction of sp³-hybridized carbons (Fsp3) is 0.438. The molecule has 20 heavy (non-hydrogen) atoms. The van der Waals surface area contributed by atoms with Crippen LogP contribution >= 0.6 is 15.9 Å². The summed E-state index contributed by atoms with van der Waals surface area (Å²) in [7, 11) is 0. The summed E-state index contributed by atoms with van der Waals surface area (Å²) < 4.78 is 3.07. The third-order valence-corrected chi connectivity index (χ3v) is 4.69. The second kappa shape index (κ2) is 6.55. The van der Waals surface area contributed by atoms with Crippen LogP contribution in [0.3, 0.4) is 0 Å². The van der Waals surface area contributed by atoms with Crippen LogP contribution in [-0.4, -0.2) is 21.5 Å². The molecule has 1 atom stereocenters. The third kappa shape index (κ3) is 3.13. The molecule has 0 amide bonds. The molecule has 0 saturated carbocycles. The molecule has 1 unspecified atom stereocenters. The zero-order valence-electron chi connectivity index (χ0n) is 12.2. The van der Waals surface area contributed by atoms with Gasteiger partial charge in [0.2, 0.25) is 0 Å². The lowest BCUT2D eigenvalue weighted by Gasteiger charge is -2.16. The zero-order valence-corrected chi connectivity index (χ0v) is 13.8. The smallest absolute Gasteiger partial charge is 0.0738 e. The van der Waals surface area contributed by atoms with Crippen molar-refractivity contribution >= 4 is 15.9 Å². The van der Waals surface area contributed by atoms with E-state index in [4.69, 9.17) is 0 Å². The van der Waals surface area contributed by atoms with Crippen LogP contribution < -0.4 is 0 Å². The van der Waals surface area contributed by atoms with Gasteiger partial charge in [-0.2, -0.15) is 5.10 Å². The van der Waals surface area contributed by atoms with Gasteiger partial charge < -0.3 is 5.11 Å². The molecule has 0 aliphatic rings. The van der Waals surface area contributed by atoms with E-state index in [-0.39, 0.29) is 12.5 Å². The minimum absolute atomic E-state index is 0.105. The van der Waals surface area contributed by atoms with E-state index in [0.717, 1.165) is 28.8 Å². The Morgan fingerprint density at radius 3 is 2.45 bits per heavy atom. The van der Waals surface area contributed by atoms with Crippen molar-refractivity contribution in [1.29, 1.82) is 0 Å². The number of aliphatic hydroxyl groups excluding tert-OH is 1. The van der Waals surface area contributed by atoms with Crippen LogP contribution in [0.15, 0.2) is 28.7 Å². The Hall–Kier alpha value is -1.13. The molecular weight excluding hydrogens is 316 g/mol. The minimum Gasteiger partial charge on any atom is -0.396 e. The summed E-state index contributed by atoms with van der Waals surface area (Å²) in [4.78, 5) is 0. The quantitative estimate of drug-likeness (QED) is 0.905. The Morgan fingerprint density at radius 2 is 1.90 bits per heavy atom. The van der Waals surface area contributed by atoms with E-state index in [0.29, 0.717) is 0 Å². The van der Waals surface area contributed by atoms with Crippen LogP contribution in [0.1, 0.15) is 35.4 Å². The van der Waals surface area contributed by atoms with Gasteiger partial charge in [-0.3, -0.25) is 4.68 Å². The van der Waals surface area contributed by atoms with Gasteiger partial charge in [0.05, 0.1) is 22.5 Å². The van der Waals surface area contributed by atoms with Crippen molar-refractivity contribution in [2.24, 2.45) is 0 Å². The highest BCUT2D eigenvalue weighted by Gasteiger charge is 2.18. The first-order valence-corrected chi connectivity index (χ1v) is 7.75. The fourth-order valence-corrected chi connectivity index (χ4v) is 2.87. The first-order valence-electron chi connectivity index (χ1n) is 6.96. The van der Waals surface area contributed by atoms with E-state index in [9.17, 15) is 5.11 Å². The van der Waals surface area contributed by atoms with Crippen LogP contribution in [0.5, 0.6) is 0 Å². The number of aliphatic hydroxyl groups is 1. The van der Waals surface area contributed by atoms with Crippen LogP contribution in [0.4, 0.5) is 0 Å². The van der Waals surface area contributed by atoms with Crippen molar-refractivity contribution in [2.75, 3.05) is 6.61 Å². The van der Waals surface area contributed by atoms with E-state index >= 15 is 0 Å². The molecule has 0 fully saturated rings. The van der Waals surface area contributed by atoms with Gasteiger partial charge in [-0.1, -0.05) is 29.8 Å². The number of benzene rings is 1. The molecule has 3 nitrogen and oxygen atoms in total. The van der Waals surface area contributed by atoms with Crippen molar-refractivity contribution in [1.82, 2.24) is 9.78 Å². The highest BCUT2D eigenvalue weighted by Crippen LogP contribution is 2.27. The van der Waals surface area contributed by atoms with Gasteiger partial charge in [-0.15, -0.1) is 0 Å². The normalized spacial score (nSPS) is 12.7. The average Bonchev–Trinajstić information content (AvgIpc) is 2.73. The van der Waals surface area contributed by atoms with Gasteiger partial charge in [0.25, 0.3) is 0 Å². The van der Waals surface area contributed by atoms with Gasteiger partial charge in [0.1, 0.15) is 0 Å². The highest BCUT2D eigenvalue weighted by molar-refractivity contribution is 9.10. The summed E-state index contributed by atoms with van der Waals surface area (Å²) in [5.74, 6) is 0.105. The van der Waals surface area contributed by atoms with E-state index in [1.165, 1.54) is 11.1 Å². The van der Waals surface area contributed by atoms with Gasteiger partial charge in [-0.05, 0) is 48.7 Å². The number of aryl methyl sites for hydroxylation is 3. The summed E-state index contributed by atoms with van der Waals surface area (Å²) in [6, 6.07) is 8.39. The Balaban J connectivity index is 2.28. The fourth-order valence-electron chi connectivity index (χ4n) is 2.42. The van der Waals surface area contributed by atoms with Crippen molar-refractivity contribution in [3.63, 3.8) is 0 Å². The first-order chi connectivity index (χ1) is 9.56. The number of aromatic nitrogens is 2. The lowest BCUT2D eigenvalue weighted by Crippen LogP contribution is -2.12. The maximum absolute atomic E-state index is 9.73. The zero-order chi connectivity index (χ0) is 14.7.